The van der Waals surface area contributed by atoms with Crippen LogP contribution in [0.3, 0.4) is 0 Å². The molecule has 0 bridgehead atoms. The molecule has 2 N–H and O–H groups in total. The van der Waals surface area contributed by atoms with Gasteiger partial charge in [0, 0.05) is 19.5 Å². The fourth-order valence-electron chi connectivity index (χ4n) is 3.26. The minimum Gasteiger partial charge on any atom is -0.480 e. The van der Waals surface area contributed by atoms with Gasteiger partial charge < -0.3 is 15.4 Å². The van der Waals surface area contributed by atoms with E-state index in [1.54, 1.807) is 0 Å². The average molecular weight is 311 g/mol. The molecule has 2 aliphatic rings. The van der Waals surface area contributed by atoms with Crippen LogP contribution in [0.2, 0.25) is 0 Å². The SMILES string of the molecule is Cl.NCCC1CCCN(C(=O)C2Cc3ccccc3O2)C1. The lowest BCUT2D eigenvalue weighted by Gasteiger charge is -2.34. The van der Waals surface area contributed by atoms with E-state index in [1.165, 1.54) is 6.42 Å². The van der Waals surface area contributed by atoms with Crippen LogP contribution >= 0.6 is 12.4 Å². The number of ether oxygens (including phenoxy) is 1. The number of benzene rings is 1. The minimum absolute atomic E-state index is 0. The van der Waals surface area contributed by atoms with Crippen LogP contribution in [0, 0.1) is 5.92 Å². The molecule has 1 aromatic carbocycles. The summed E-state index contributed by atoms with van der Waals surface area (Å²) in [7, 11) is 0. The highest BCUT2D eigenvalue weighted by Crippen LogP contribution is 2.30. The molecule has 0 spiro atoms. The maximum absolute atomic E-state index is 12.6. The number of hydrogen-bond acceptors (Lipinski definition) is 3. The molecule has 0 saturated carbocycles. The summed E-state index contributed by atoms with van der Waals surface area (Å²) in [5, 5.41) is 0. The van der Waals surface area contributed by atoms with Gasteiger partial charge in [0.1, 0.15) is 5.75 Å². The Labute approximate surface area is 132 Å². The second-order valence-corrected chi connectivity index (χ2v) is 5.79. The summed E-state index contributed by atoms with van der Waals surface area (Å²) in [6, 6.07) is 7.92. The molecule has 2 aliphatic heterocycles. The van der Waals surface area contributed by atoms with E-state index in [0.717, 1.165) is 37.2 Å². The number of fused-ring (bicyclic) bond motifs is 1. The third-order valence-corrected chi connectivity index (χ3v) is 4.33. The fourth-order valence-corrected chi connectivity index (χ4v) is 3.26. The van der Waals surface area contributed by atoms with Crippen LogP contribution in [0.15, 0.2) is 24.3 Å². The van der Waals surface area contributed by atoms with Crippen LogP contribution in [-0.2, 0) is 11.2 Å². The molecule has 21 heavy (non-hydrogen) atoms. The molecule has 2 atom stereocenters. The van der Waals surface area contributed by atoms with Crippen LogP contribution in [-0.4, -0.2) is 36.5 Å². The molecule has 1 aromatic rings. The Morgan fingerprint density at radius 3 is 2.95 bits per heavy atom. The third-order valence-electron chi connectivity index (χ3n) is 4.33. The van der Waals surface area contributed by atoms with E-state index in [0.29, 0.717) is 18.9 Å². The van der Waals surface area contributed by atoms with Gasteiger partial charge in [-0.15, -0.1) is 12.4 Å². The molecular weight excluding hydrogens is 288 g/mol. The number of nitrogens with two attached hydrogens (primary N) is 1. The Hall–Kier alpha value is -1.26. The Kier molecular flexibility index (Phi) is 5.48. The molecule has 0 aliphatic carbocycles. The topological polar surface area (TPSA) is 55.6 Å². The minimum atomic E-state index is -0.330. The number of rotatable bonds is 3. The maximum Gasteiger partial charge on any atom is 0.264 e. The molecule has 4 nitrogen and oxygen atoms in total. The first-order valence-electron chi connectivity index (χ1n) is 7.51. The predicted molar refractivity (Wildman–Crippen MR) is 84.8 cm³/mol. The van der Waals surface area contributed by atoms with Gasteiger partial charge in [0.2, 0.25) is 0 Å². The van der Waals surface area contributed by atoms with Gasteiger partial charge in [-0.2, -0.15) is 0 Å². The van der Waals surface area contributed by atoms with Crippen LogP contribution in [0.25, 0.3) is 0 Å². The fraction of sp³-hybridized carbons (Fsp3) is 0.562. The maximum atomic E-state index is 12.6. The van der Waals surface area contributed by atoms with Crippen molar-refractivity contribution in [1.82, 2.24) is 4.90 Å². The lowest BCUT2D eigenvalue weighted by atomic mass is 9.94. The van der Waals surface area contributed by atoms with Gasteiger partial charge in [-0.3, -0.25) is 4.79 Å². The summed E-state index contributed by atoms with van der Waals surface area (Å²) in [4.78, 5) is 14.6. The first-order valence-corrected chi connectivity index (χ1v) is 7.51. The second kappa shape index (κ2) is 7.14. The number of amides is 1. The number of halogens is 1. The highest BCUT2D eigenvalue weighted by molar-refractivity contribution is 5.85. The smallest absolute Gasteiger partial charge is 0.264 e. The van der Waals surface area contributed by atoms with E-state index in [1.807, 2.05) is 29.2 Å². The van der Waals surface area contributed by atoms with Crippen LogP contribution in [0.4, 0.5) is 0 Å². The lowest BCUT2D eigenvalue weighted by molar-refractivity contribution is -0.139. The van der Waals surface area contributed by atoms with Crippen LogP contribution in [0.5, 0.6) is 5.75 Å². The predicted octanol–water partition coefficient (Wildman–Crippen LogP) is 2.00. The van der Waals surface area contributed by atoms with Crippen LogP contribution < -0.4 is 10.5 Å². The van der Waals surface area contributed by atoms with Gasteiger partial charge in [0.15, 0.2) is 6.10 Å². The number of para-hydroxylation sites is 1. The monoisotopic (exact) mass is 310 g/mol. The molecule has 1 fully saturated rings. The number of carbonyl (C=O) groups excluding carboxylic acids is 1. The average Bonchev–Trinajstić information content (AvgIpc) is 2.91. The Morgan fingerprint density at radius 1 is 1.38 bits per heavy atom. The number of likely N-dealkylation sites (tertiary alicyclic amines) is 1. The Morgan fingerprint density at radius 2 is 2.19 bits per heavy atom. The van der Waals surface area contributed by atoms with Crippen molar-refractivity contribution in [3.05, 3.63) is 29.8 Å². The zero-order valence-electron chi connectivity index (χ0n) is 12.2. The van der Waals surface area contributed by atoms with Crippen molar-refractivity contribution >= 4 is 18.3 Å². The van der Waals surface area contributed by atoms with Crippen molar-refractivity contribution < 1.29 is 9.53 Å². The third kappa shape index (κ3) is 3.50. The molecular formula is C16H23ClN2O2. The first kappa shape index (κ1) is 16.1. The van der Waals surface area contributed by atoms with Gasteiger partial charge in [0.25, 0.3) is 5.91 Å². The largest absolute Gasteiger partial charge is 0.480 e. The van der Waals surface area contributed by atoms with Gasteiger partial charge >= 0.3 is 0 Å². The van der Waals surface area contributed by atoms with Crippen molar-refractivity contribution in [2.24, 2.45) is 11.7 Å². The summed E-state index contributed by atoms with van der Waals surface area (Å²) < 4.78 is 5.80. The van der Waals surface area contributed by atoms with Crippen molar-refractivity contribution in [1.29, 1.82) is 0 Å². The summed E-state index contributed by atoms with van der Waals surface area (Å²) in [5.41, 5.74) is 6.77. The molecule has 2 heterocycles. The molecule has 116 valence electrons. The van der Waals surface area contributed by atoms with Gasteiger partial charge in [-0.1, -0.05) is 18.2 Å². The van der Waals surface area contributed by atoms with Gasteiger partial charge in [0.05, 0.1) is 0 Å². The van der Waals surface area contributed by atoms with E-state index in [9.17, 15) is 4.79 Å². The number of hydrogen-bond donors (Lipinski definition) is 1. The van der Waals surface area contributed by atoms with Gasteiger partial charge in [-0.05, 0) is 43.4 Å². The van der Waals surface area contributed by atoms with Gasteiger partial charge in [-0.25, -0.2) is 0 Å². The van der Waals surface area contributed by atoms with E-state index in [-0.39, 0.29) is 24.4 Å². The summed E-state index contributed by atoms with van der Waals surface area (Å²) in [5.74, 6) is 1.56. The summed E-state index contributed by atoms with van der Waals surface area (Å²) >= 11 is 0. The molecule has 0 aromatic heterocycles. The van der Waals surface area contributed by atoms with E-state index >= 15 is 0 Å². The molecule has 5 heteroatoms. The highest BCUT2D eigenvalue weighted by atomic mass is 35.5. The zero-order valence-corrected chi connectivity index (χ0v) is 13.0. The highest BCUT2D eigenvalue weighted by Gasteiger charge is 2.34. The molecule has 2 unspecified atom stereocenters. The van der Waals surface area contributed by atoms with E-state index in [4.69, 9.17) is 10.5 Å². The summed E-state index contributed by atoms with van der Waals surface area (Å²) in [6.07, 6.45) is 3.65. The molecule has 1 amide bonds. The first-order chi connectivity index (χ1) is 9.78. The van der Waals surface area contributed by atoms with Crippen molar-refractivity contribution in [2.45, 2.75) is 31.8 Å². The summed E-state index contributed by atoms with van der Waals surface area (Å²) in [6.45, 7) is 2.40. The molecule has 1 saturated heterocycles. The zero-order chi connectivity index (χ0) is 13.9. The normalized spacial score (nSPS) is 24.0. The standard InChI is InChI=1S/C16H22N2O2.ClH/c17-8-7-12-4-3-9-18(11-12)16(19)15-10-13-5-1-2-6-14(13)20-15;/h1-2,5-6,12,15H,3-4,7-11,17H2;1H. The quantitative estimate of drug-likeness (QED) is 0.929. The number of piperidine rings is 1. The van der Waals surface area contributed by atoms with E-state index in [2.05, 4.69) is 0 Å². The molecule has 3 rings (SSSR count). The van der Waals surface area contributed by atoms with E-state index < -0.39 is 0 Å². The Bertz CT molecular complexity index is 468. The lowest BCUT2D eigenvalue weighted by Crippen LogP contribution is -2.46. The Balaban J connectivity index is 0.00000161. The second-order valence-electron chi connectivity index (χ2n) is 5.79. The van der Waals surface area contributed by atoms with Crippen molar-refractivity contribution in [3.8, 4) is 5.75 Å². The number of carbonyl (C=O) groups is 1. The van der Waals surface area contributed by atoms with Crippen molar-refractivity contribution in [2.75, 3.05) is 19.6 Å². The van der Waals surface area contributed by atoms with Crippen LogP contribution in [0.1, 0.15) is 24.8 Å². The molecule has 0 radical (unpaired) electrons. The number of nitrogens with zero attached hydrogens (tertiary/aromatic N) is 1. The van der Waals surface area contributed by atoms with Crippen molar-refractivity contribution in [3.63, 3.8) is 0 Å².